The molecule has 166 valence electrons. The maximum Gasteiger partial charge on any atom is 0.705 e. The molecule has 1 aliphatic rings. The first kappa shape index (κ1) is 24.6. The second kappa shape index (κ2) is 11.6. The monoisotopic (exact) mass is 500 g/mol. The summed E-state index contributed by atoms with van der Waals surface area (Å²) in [5.74, 6) is -1.42. The summed E-state index contributed by atoms with van der Waals surface area (Å²) >= 11 is 3.47. The van der Waals surface area contributed by atoms with E-state index in [2.05, 4.69) is 40.2 Å². The van der Waals surface area contributed by atoms with Crippen LogP contribution in [0, 0.1) is 0 Å². The van der Waals surface area contributed by atoms with E-state index in [-0.39, 0.29) is 12.1 Å². The first-order valence-electron chi connectivity index (χ1n) is 10.1. The summed E-state index contributed by atoms with van der Waals surface area (Å²) < 4.78 is 22.6. The molecule has 1 fully saturated rings. The molecule has 1 aliphatic carbocycles. The van der Waals surface area contributed by atoms with Crippen LogP contribution in [0.2, 0.25) is 6.04 Å². The van der Waals surface area contributed by atoms with Gasteiger partial charge in [0.25, 0.3) is 17.9 Å². The van der Waals surface area contributed by atoms with Crippen molar-refractivity contribution >= 4 is 42.6 Å². The lowest BCUT2D eigenvalue weighted by atomic mass is 9.83. The summed E-state index contributed by atoms with van der Waals surface area (Å²) in [6, 6.07) is 8.62. The molecule has 0 aliphatic heterocycles. The lowest BCUT2D eigenvalue weighted by Gasteiger charge is -2.29. The Morgan fingerprint density at radius 2 is 1.40 bits per heavy atom. The van der Waals surface area contributed by atoms with Crippen molar-refractivity contribution in [3.8, 4) is 0 Å². The Morgan fingerprint density at radius 3 is 1.87 bits per heavy atom. The molecule has 0 radical (unpaired) electrons. The van der Waals surface area contributed by atoms with E-state index >= 15 is 0 Å². The molecule has 0 aromatic heterocycles. The van der Waals surface area contributed by atoms with E-state index in [1.807, 2.05) is 0 Å². The van der Waals surface area contributed by atoms with Gasteiger partial charge in [0.15, 0.2) is 0 Å². The fraction of sp³-hybridized carbons (Fsp3) is 0.571. The van der Waals surface area contributed by atoms with Gasteiger partial charge in [-0.05, 0) is 55.7 Å². The van der Waals surface area contributed by atoms with Crippen LogP contribution in [0.1, 0.15) is 64.4 Å². The van der Waals surface area contributed by atoms with Crippen LogP contribution in [0.4, 0.5) is 0 Å². The average Bonchev–Trinajstić information content (AvgIpc) is 2.65. The molecule has 0 bridgehead atoms. The zero-order chi connectivity index (χ0) is 22.1. The first-order chi connectivity index (χ1) is 14.2. The van der Waals surface area contributed by atoms with Crippen molar-refractivity contribution in [3.63, 3.8) is 0 Å². The van der Waals surface area contributed by atoms with Gasteiger partial charge in [-0.25, -0.2) is 0 Å². The standard InChI is InChI=1S/C21H29BrO7Si/c1-15(23)27-30(28-16(2)24,29-17(3)25)14-4-13-26-21-11-7-19(8-12-21)18-5-9-20(22)10-6-18/h5-6,9-10,19,21H,4,7-8,11-14H2,1-3H3/t19-,21-. The highest BCUT2D eigenvalue weighted by atomic mass is 79.9. The van der Waals surface area contributed by atoms with Gasteiger partial charge < -0.3 is 18.0 Å². The summed E-state index contributed by atoms with van der Waals surface area (Å²) in [7, 11) is -3.76. The quantitative estimate of drug-likeness (QED) is 0.363. The minimum atomic E-state index is -3.76. The molecule has 0 saturated heterocycles. The van der Waals surface area contributed by atoms with Crippen LogP contribution in [0.5, 0.6) is 0 Å². The maximum atomic E-state index is 11.5. The van der Waals surface area contributed by atoms with Crippen molar-refractivity contribution in [2.24, 2.45) is 0 Å². The average molecular weight is 501 g/mol. The highest BCUT2D eigenvalue weighted by Crippen LogP contribution is 2.34. The van der Waals surface area contributed by atoms with Gasteiger partial charge in [0.1, 0.15) is 0 Å². The van der Waals surface area contributed by atoms with Gasteiger partial charge in [-0.15, -0.1) is 0 Å². The third-order valence-corrected chi connectivity index (χ3v) is 8.18. The van der Waals surface area contributed by atoms with Crippen molar-refractivity contribution < 1.29 is 32.4 Å². The molecule has 0 unspecified atom stereocenters. The molecule has 1 saturated carbocycles. The summed E-state index contributed by atoms with van der Waals surface area (Å²) in [4.78, 5) is 34.4. The molecule has 1 aromatic rings. The molecule has 2 rings (SSSR count). The van der Waals surface area contributed by atoms with Crippen molar-refractivity contribution in [2.45, 2.75) is 70.9 Å². The number of rotatable bonds is 9. The van der Waals surface area contributed by atoms with Gasteiger partial charge >= 0.3 is 8.80 Å². The van der Waals surface area contributed by atoms with Crippen molar-refractivity contribution in [1.82, 2.24) is 0 Å². The zero-order valence-corrected chi connectivity index (χ0v) is 20.2. The Hall–Kier alpha value is -1.71. The summed E-state index contributed by atoms with van der Waals surface area (Å²) in [5.41, 5.74) is 1.36. The number of halogens is 1. The largest absolute Gasteiger partial charge is 0.705 e. The fourth-order valence-electron chi connectivity index (χ4n) is 3.71. The molecule has 0 spiro atoms. The first-order valence-corrected chi connectivity index (χ1v) is 12.9. The smallest absolute Gasteiger partial charge is 0.455 e. The number of benzene rings is 1. The highest BCUT2D eigenvalue weighted by molar-refractivity contribution is 9.10. The molecular weight excluding hydrogens is 472 g/mol. The van der Waals surface area contributed by atoms with Gasteiger partial charge in [-0.2, -0.15) is 0 Å². The lowest BCUT2D eigenvalue weighted by Crippen LogP contribution is -2.49. The van der Waals surface area contributed by atoms with Crippen molar-refractivity contribution in [3.05, 3.63) is 34.3 Å². The number of carbonyl (C=O) groups is 3. The number of carbonyl (C=O) groups excluding carboxylic acids is 3. The second-order valence-corrected chi connectivity index (χ2v) is 10.9. The van der Waals surface area contributed by atoms with Crippen LogP contribution >= 0.6 is 15.9 Å². The van der Waals surface area contributed by atoms with Gasteiger partial charge in [0, 0.05) is 31.9 Å². The minimum absolute atomic E-state index is 0.139. The number of ether oxygens (including phenoxy) is 1. The molecule has 0 heterocycles. The molecule has 9 heteroatoms. The van der Waals surface area contributed by atoms with Crippen LogP contribution < -0.4 is 0 Å². The molecule has 0 N–H and O–H groups in total. The van der Waals surface area contributed by atoms with E-state index in [0.717, 1.165) is 30.2 Å². The van der Waals surface area contributed by atoms with E-state index in [4.69, 9.17) is 18.0 Å². The Balaban J connectivity index is 1.81. The molecule has 7 nitrogen and oxygen atoms in total. The molecule has 0 atom stereocenters. The maximum absolute atomic E-state index is 11.5. The topological polar surface area (TPSA) is 88.1 Å². The van der Waals surface area contributed by atoms with Crippen molar-refractivity contribution in [2.75, 3.05) is 6.61 Å². The van der Waals surface area contributed by atoms with Gasteiger partial charge in [0.05, 0.1) is 12.1 Å². The van der Waals surface area contributed by atoms with E-state index in [1.165, 1.54) is 26.3 Å². The Kier molecular flexibility index (Phi) is 9.51. The predicted octanol–water partition coefficient (Wildman–Crippen LogP) is 4.51. The zero-order valence-electron chi connectivity index (χ0n) is 17.6. The SMILES string of the molecule is CC(=O)O[Si](CCCO[C@H]1CC[C@H](c2ccc(Br)cc2)CC1)(OC(C)=O)OC(C)=O. The minimum Gasteiger partial charge on any atom is -0.455 e. The van der Waals surface area contributed by atoms with E-state index in [9.17, 15) is 14.4 Å². The summed E-state index contributed by atoms with van der Waals surface area (Å²) in [5, 5.41) is 0. The summed E-state index contributed by atoms with van der Waals surface area (Å²) in [6.07, 6.45) is 4.71. The van der Waals surface area contributed by atoms with Crippen LogP contribution in [0.25, 0.3) is 0 Å². The second-order valence-electron chi connectivity index (χ2n) is 7.46. The Labute approximate surface area is 186 Å². The summed E-state index contributed by atoms with van der Waals surface area (Å²) in [6.45, 7) is 3.98. The van der Waals surface area contributed by atoms with Gasteiger partial charge in [0.2, 0.25) is 0 Å². The van der Waals surface area contributed by atoms with Crippen LogP contribution in [-0.4, -0.2) is 39.4 Å². The molecular formula is C21H29BrO7Si. The Morgan fingerprint density at radius 1 is 0.900 bits per heavy atom. The normalized spacial score (nSPS) is 19.1. The third-order valence-electron chi connectivity index (χ3n) is 4.89. The van der Waals surface area contributed by atoms with Gasteiger partial charge in [-0.3, -0.25) is 14.4 Å². The number of hydrogen-bond donors (Lipinski definition) is 0. The third kappa shape index (κ3) is 8.20. The highest BCUT2D eigenvalue weighted by Gasteiger charge is 2.51. The molecule has 30 heavy (non-hydrogen) atoms. The van der Waals surface area contributed by atoms with Gasteiger partial charge in [-0.1, -0.05) is 28.1 Å². The molecule has 0 amide bonds. The lowest BCUT2D eigenvalue weighted by molar-refractivity contribution is -0.147. The Bertz CT molecular complexity index is 689. The fourth-order valence-corrected chi connectivity index (χ4v) is 6.30. The van der Waals surface area contributed by atoms with E-state index < -0.39 is 26.7 Å². The van der Waals surface area contributed by atoms with Crippen LogP contribution in [0.15, 0.2) is 28.7 Å². The van der Waals surface area contributed by atoms with Crippen LogP contribution in [-0.2, 0) is 32.4 Å². The van der Waals surface area contributed by atoms with E-state index in [1.54, 1.807) is 0 Å². The van der Waals surface area contributed by atoms with E-state index in [0.29, 0.717) is 18.9 Å². The van der Waals surface area contributed by atoms with Crippen LogP contribution in [0.3, 0.4) is 0 Å². The molecule has 1 aromatic carbocycles. The van der Waals surface area contributed by atoms with Crippen molar-refractivity contribution in [1.29, 1.82) is 0 Å². The predicted molar refractivity (Wildman–Crippen MR) is 116 cm³/mol. The number of hydrogen-bond acceptors (Lipinski definition) is 7.